The van der Waals surface area contributed by atoms with Crippen molar-refractivity contribution in [1.29, 1.82) is 0 Å². The van der Waals surface area contributed by atoms with E-state index in [0.29, 0.717) is 5.56 Å². The molecule has 0 heterocycles. The molecule has 2 rings (SSSR count). The van der Waals surface area contributed by atoms with E-state index in [0.717, 1.165) is 11.1 Å². The van der Waals surface area contributed by atoms with Crippen LogP contribution in [0.25, 0.3) is 0 Å². The van der Waals surface area contributed by atoms with Gasteiger partial charge in [-0.2, -0.15) is 0 Å². The fraction of sp³-hybridized carbons (Fsp3) is 0.222. The molecule has 0 saturated heterocycles. The van der Waals surface area contributed by atoms with Crippen molar-refractivity contribution in [3.05, 3.63) is 60.0 Å². The van der Waals surface area contributed by atoms with Gasteiger partial charge in [-0.1, -0.05) is 75.7 Å². The number of esters is 1. The van der Waals surface area contributed by atoms with Crippen LogP contribution in [0.2, 0.25) is 25.1 Å². The van der Waals surface area contributed by atoms with Gasteiger partial charge in [-0.05, 0) is 25.5 Å². The number of benzene rings is 2. The van der Waals surface area contributed by atoms with Crippen molar-refractivity contribution in [2.24, 2.45) is 0 Å². The minimum atomic E-state index is -0.693. The van der Waals surface area contributed by atoms with Gasteiger partial charge < -0.3 is 4.74 Å². The molecule has 0 bridgehead atoms. The molecule has 0 aliphatic rings. The fourth-order valence-corrected chi connectivity index (χ4v) is 3.42. The quantitative estimate of drug-likeness (QED) is 0.159. The van der Waals surface area contributed by atoms with E-state index in [1.54, 1.807) is 6.07 Å². The Morgan fingerprint density at radius 1 is 0.846 bits per heavy atom. The zero-order valence-electron chi connectivity index (χ0n) is 13.8. The first kappa shape index (κ1) is 21.3. The second kappa shape index (κ2) is 8.81. The summed E-state index contributed by atoms with van der Waals surface area (Å²) in [6, 6.07) is 5.56. The minimum absolute atomic E-state index is 0.0204. The highest BCUT2D eigenvalue weighted by Crippen LogP contribution is 2.48. The number of hydrogen-bond acceptors (Lipinski definition) is 3. The Hall–Kier alpha value is -0.970. The Labute approximate surface area is 176 Å². The first-order valence-corrected chi connectivity index (χ1v) is 9.35. The molecule has 0 aliphatic carbocycles. The van der Waals surface area contributed by atoms with Crippen molar-refractivity contribution in [1.82, 2.24) is 0 Å². The smallest absolute Gasteiger partial charge is 0.311 e. The van der Waals surface area contributed by atoms with Gasteiger partial charge in [0, 0.05) is 12.0 Å². The number of Topliss-reactive ketones (excluding diaryl/α,β-unsaturated/α-hetero) is 1. The van der Waals surface area contributed by atoms with Crippen LogP contribution in [-0.4, -0.2) is 11.8 Å². The van der Waals surface area contributed by atoms with Crippen LogP contribution in [0.1, 0.15) is 34.3 Å². The summed E-state index contributed by atoms with van der Waals surface area (Å²) < 4.78 is 5.15. The Bertz CT molecular complexity index is 864. The molecule has 26 heavy (non-hydrogen) atoms. The number of carbonyl (C=O) groups is 2. The van der Waals surface area contributed by atoms with E-state index in [9.17, 15) is 9.59 Å². The second-order valence-corrected chi connectivity index (χ2v) is 7.50. The summed E-state index contributed by atoms with van der Waals surface area (Å²) in [5.41, 5.74) is 2.38. The second-order valence-electron chi connectivity index (χ2n) is 5.61. The minimum Gasteiger partial charge on any atom is -0.423 e. The highest BCUT2D eigenvalue weighted by Gasteiger charge is 2.23. The molecule has 0 unspecified atom stereocenters. The molecule has 0 aliphatic heterocycles. The van der Waals surface area contributed by atoms with Crippen molar-refractivity contribution in [3.63, 3.8) is 0 Å². The molecule has 0 spiro atoms. The molecule has 3 nitrogen and oxygen atoms in total. The molecule has 0 fully saturated rings. The van der Waals surface area contributed by atoms with Gasteiger partial charge in [0.15, 0.2) is 11.5 Å². The molecular formula is C18H13Cl5O3. The van der Waals surface area contributed by atoms with Gasteiger partial charge in [-0.25, -0.2) is 0 Å². The first-order chi connectivity index (χ1) is 12.1. The topological polar surface area (TPSA) is 43.4 Å². The maximum Gasteiger partial charge on any atom is 0.311 e. The summed E-state index contributed by atoms with van der Waals surface area (Å²) in [7, 11) is 0. The van der Waals surface area contributed by atoms with Gasteiger partial charge in [0.25, 0.3) is 0 Å². The molecule has 0 radical (unpaired) electrons. The lowest BCUT2D eigenvalue weighted by Gasteiger charge is -2.12. The Kier molecular flexibility index (Phi) is 7.23. The monoisotopic (exact) mass is 452 g/mol. The van der Waals surface area contributed by atoms with Gasteiger partial charge in [0.05, 0.1) is 21.5 Å². The van der Waals surface area contributed by atoms with Crippen LogP contribution in [0.4, 0.5) is 0 Å². The lowest BCUT2D eigenvalue weighted by Crippen LogP contribution is -2.12. The van der Waals surface area contributed by atoms with Gasteiger partial charge in [-0.15, -0.1) is 0 Å². The predicted molar refractivity (Wildman–Crippen MR) is 107 cm³/mol. The lowest BCUT2D eigenvalue weighted by atomic mass is 9.99. The fourth-order valence-electron chi connectivity index (χ4n) is 2.23. The van der Waals surface area contributed by atoms with Crippen molar-refractivity contribution < 1.29 is 14.3 Å². The number of hydrogen-bond donors (Lipinski definition) is 0. The van der Waals surface area contributed by atoms with E-state index in [-0.39, 0.29) is 49.5 Å². The normalized spacial score (nSPS) is 10.7. The average molecular weight is 455 g/mol. The molecule has 0 aromatic heterocycles. The van der Waals surface area contributed by atoms with Crippen LogP contribution in [-0.2, 0) is 4.79 Å². The van der Waals surface area contributed by atoms with E-state index in [4.69, 9.17) is 62.7 Å². The van der Waals surface area contributed by atoms with E-state index >= 15 is 0 Å². The molecule has 8 heteroatoms. The SMILES string of the molecule is Cc1ccc(C)c(C(=O)CCC(=O)Oc2c(Cl)c(Cl)c(Cl)c(Cl)c2Cl)c1. The third-order valence-electron chi connectivity index (χ3n) is 3.64. The maximum atomic E-state index is 12.3. The van der Waals surface area contributed by atoms with Crippen molar-refractivity contribution in [2.75, 3.05) is 0 Å². The van der Waals surface area contributed by atoms with Crippen LogP contribution in [0, 0.1) is 13.8 Å². The average Bonchev–Trinajstić information content (AvgIpc) is 2.62. The summed E-state index contributed by atoms with van der Waals surface area (Å²) in [6.07, 6.45) is -0.176. The summed E-state index contributed by atoms with van der Waals surface area (Å²) >= 11 is 29.8. The van der Waals surface area contributed by atoms with Crippen LogP contribution in [0.5, 0.6) is 5.75 Å². The molecule has 2 aromatic carbocycles. The highest BCUT2D eigenvalue weighted by molar-refractivity contribution is 6.55. The number of carbonyl (C=O) groups excluding carboxylic acids is 2. The van der Waals surface area contributed by atoms with E-state index in [1.165, 1.54) is 0 Å². The summed E-state index contributed by atoms with van der Waals surface area (Å²) in [5, 5.41) is -0.428. The molecule has 0 N–H and O–H groups in total. The molecule has 2 aromatic rings. The number of aryl methyl sites for hydroxylation is 2. The van der Waals surface area contributed by atoms with Crippen molar-refractivity contribution in [2.45, 2.75) is 26.7 Å². The molecule has 0 atom stereocenters. The third-order valence-corrected chi connectivity index (χ3v) is 5.88. The molecule has 138 valence electrons. The number of ether oxygens (including phenoxy) is 1. The van der Waals surface area contributed by atoms with Gasteiger partial charge in [-0.3, -0.25) is 9.59 Å². The van der Waals surface area contributed by atoms with Crippen LogP contribution in [0.3, 0.4) is 0 Å². The Balaban J connectivity index is 2.11. The maximum absolute atomic E-state index is 12.3. The van der Waals surface area contributed by atoms with Gasteiger partial charge in [0.1, 0.15) is 10.0 Å². The van der Waals surface area contributed by atoms with Crippen molar-refractivity contribution >= 4 is 69.8 Å². The Morgan fingerprint density at radius 2 is 1.38 bits per heavy atom. The molecule has 0 saturated carbocycles. The first-order valence-electron chi connectivity index (χ1n) is 7.46. The third kappa shape index (κ3) is 4.65. The largest absolute Gasteiger partial charge is 0.423 e. The molecule has 0 amide bonds. The highest BCUT2D eigenvalue weighted by atomic mass is 35.5. The zero-order valence-corrected chi connectivity index (χ0v) is 17.5. The van der Waals surface area contributed by atoms with Crippen LogP contribution >= 0.6 is 58.0 Å². The van der Waals surface area contributed by atoms with Gasteiger partial charge in [0.2, 0.25) is 0 Å². The van der Waals surface area contributed by atoms with Crippen molar-refractivity contribution in [3.8, 4) is 5.75 Å². The van der Waals surface area contributed by atoms with E-state index in [1.807, 2.05) is 26.0 Å². The lowest BCUT2D eigenvalue weighted by molar-refractivity contribution is -0.134. The standard InChI is InChI=1S/C18H13Cl5O3/c1-8-3-4-9(2)10(7-8)11(24)5-6-12(25)26-18-16(22)14(20)13(19)15(21)17(18)23/h3-4,7H,5-6H2,1-2H3. The zero-order chi connectivity index (χ0) is 19.6. The molecular weight excluding hydrogens is 441 g/mol. The van der Waals surface area contributed by atoms with Crippen LogP contribution < -0.4 is 4.74 Å². The van der Waals surface area contributed by atoms with Crippen LogP contribution in [0.15, 0.2) is 18.2 Å². The van der Waals surface area contributed by atoms with E-state index in [2.05, 4.69) is 0 Å². The van der Waals surface area contributed by atoms with E-state index < -0.39 is 5.97 Å². The summed E-state index contributed by atoms with van der Waals surface area (Å²) in [5.74, 6) is -1.04. The Morgan fingerprint density at radius 3 is 1.96 bits per heavy atom. The summed E-state index contributed by atoms with van der Waals surface area (Å²) in [6.45, 7) is 3.73. The number of rotatable bonds is 5. The number of ketones is 1. The predicted octanol–water partition coefficient (Wildman–Crippen LogP) is 7.14. The van der Waals surface area contributed by atoms with Gasteiger partial charge >= 0.3 is 5.97 Å². The summed E-state index contributed by atoms with van der Waals surface area (Å²) in [4.78, 5) is 24.4. The number of halogens is 5.